The molecular formula is C13H20N2O2S2. The number of aliphatic hydroxyl groups is 1. The number of carbonyl (C=O) groups excluding carboxylic acids is 1. The van der Waals surface area contributed by atoms with Gasteiger partial charge >= 0.3 is 0 Å². The van der Waals surface area contributed by atoms with Crippen LogP contribution in [0.1, 0.15) is 42.3 Å². The van der Waals surface area contributed by atoms with Gasteiger partial charge in [-0.2, -0.15) is 0 Å². The van der Waals surface area contributed by atoms with Gasteiger partial charge in [0.05, 0.1) is 21.6 Å². The Kier molecular flexibility index (Phi) is 4.76. The average Bonchev–Trinajstić information content (AvgIpc) is 2.68. The first-order valence-corrected chi connectivity index (χ1v) is 8.48. The Hall–Kier alpha value is -0.720. The number of aliphatic hydroxyl groups excluding tert-OH is 1. The molecule has 1 aliphatic rings. The second-order valence-electron chi connectivity index (χ2n) is 4.91. The third-order valence-corrected chi connectivity index (χ3v) is 5.65. The molecule has 4 N–H and O–H groups in total. The maximum absolute atomic E-state index is 11.5. The van der Waals surface area contributed by atoms with Crippen molar-refractivity contribution >= 4 is 39.6 Å². The number of thioether (sulfide) groups is 1. The second kappa shape index (κ2) is 6.15. The molecule has 1 fully saturated rings. The van der Waals surface area contributed by atoms with E-state index in [0.717, 1.165) is 35.6 Å². The lowest BCUT2D eigenvalue weighted by Gasteiger charge is -2.26. The number of hydrogen-bond donors (Lipinski definition) is 3. The highest BCUT2D eigenvalue weighted by Gasteiger charge is 2.23. The molecule has 0 aromatic carbocycles. The van der Waals surface area contributed by atoms with E-state index in [4.69, 9.17) is 5.73 Å². The topological polar surface area (TPSA) is 75.3 Å². The summed E-state index contributed by atoms with van der Waals surface area (Å²) in [7, 11) is 0. The lowest BCUT2D eigenvalue weighted by atomic mass is 9.93. The standard InChI is InChI=1S/C13H20N2O2S2/c1-7(16)11-10(14)12(18-2)13(19-11)15-8-3-5-9(17)6-4-8/h8-9,15,17H,3-6,14H2,1-2H3. The summed E-state index contributed by atoms with van der Waals surface area (Å²) in [6.07, 6.45) is 5.42. The molecule has 106 valence electrons. The van der Waals surface area contributed by atoms with Crippen LogP contribution in [-0.2, 0) is 0 Å². The van der Waals surface area contributed by atoms with Crippen LogP contribution in [0.3, 0.4) is 0 Å². The van der Waals surface area contributed by atoms with Gasteiger partial charge in [0, 0.05) is 13.0 Å². The Balaban J connectivity index is 2.15. The number of nitrogen functional groups attached to an aromatic ring is 1. The van der Waals surface area contributed by atoms with E-state index >= 15 is 0 Å². The minimum atomic E-state index is -0.153. The molecule has 1 heterocycles. The number of anilines is 2. The van der Waals surface area contributed by atoms with Crippen molar-refractivity contribution in [2.45, 2.75) is 49.6 Å². The van der Waals surface area contributed by atoms with E-state index in [1.165, 1.54) is 11.3 Å². The van der Waals surface area contributed by atoms with E-state index < -0.39 is 0 Å². The number of nitrogens with one attached hydrogen (secondary N) is 1. The predicted molar refractivity (Wildman–Crippen MR) is 82.4 cm³/mol. The molecule has 0 spiro atoms. The highest BCUT2D eigenvalue weighted by atomic mass is 32.2. The first-order chi connectivity index (χ1) is 9.02. The summed E-state index contributed by atoms with van der Waals surface area (Å²) < 4.78 is 0. The van der Waals surface area contributed by atoms with E-state index in [2.05, 4.69) is 5.32 Å². The van der Waals surface area contributed by atoms with Gasteiger partial charge in [0.1, 0.15) is 5.00 Å². The van der Waals surface area contributed by atoms with Crippen molar-refractivity contribution in [1.82, 2.24) is 0 Å². The Bertz CT molecular complexity index is 465. The minimum Gasteiger partial charge on any atom is -0.396 e. The van der Waals surface area contributed by atoms with E-state index in [-0.39, 0.29) is 11.9 Å². The van der Waals surface area contributed by atoms with Crippen molar-refractivity contribution in [3.05, 3.63) is 4.88 Å². The summed E-state index contributed by atoms with van der Waals surface area (Å²) in [5, 5.41) is 14.0. The normalized spacial score (nSPS) is 23.3. The number of thiophene rings is 1. The number of ketones is 1. The zero-order valence-corrected chi connectivity index (χ0v) is 12.9. The van der Waals surface area contributed by atoms with Crippen LogP contribution in [0.15, 0.2) is 4.90 Å². The van der Waals surface area contributed by atoms with Gasteiger partial charge < -0.3 is 16.2 Å². The number of carbonyl (C=O) groups is 1. The van der Waals surface area contributed by atoms with Crippen LogP contribution in [0.4, 0.5) is 10.7 Å². The van der Waals surface area contributed by atoms with Crippen LogP contribution in [0, 0.1) is 0 Å². The molecule has 0 bridgehead atoms. The Morgan fingerprint density at radius 2 is 2.05 bits per heavy atom. The van der Waals surface area contributed by atoms with Crippen molar-refractivity contribution in [2.24, 2.45) is 0 Å². The van der Waals surface area contributed by atoms with Crippen LogP contribution in [0.2, 0.25) is 0 Å². The van der Waals surface area contributed by atoms with Gasteiger partial charge in [-0.1, -0.05) is 0 Å². The highest BCUT2D eigenvalue weighted by molar-refractivity contribution is 7.99. The molecule has 1 aromatic heterocycles. The summed E-state index contributed by atoms with van der Waals surface area (Å²) in [6.45, 7) is 1.55. The van der Waals surface area contributed by atoms with E-state index in [1.54, 1.807) is 18.7 Å². The molecule has 0 aliphatic heterocycles. The van der Waals surface area contributed by atoms with Gasteiger partial charge in [-0.05, 0) is 31.9 Å². The van der Waals surface area contributed by atoms with Crippen LogP contribution >= 0.6 is 23.1 Å². The smallest absolute Gasteiger partial charge is 0.171 e. The SMILES string of the molecule is CSc1c(NC2CCC(O)CC2)sc(C(C)=O)c1N. The zero-order chi connectivity index (χ0) is 14.0. The molecule has 6 heteroatoms. The Morgan fingerprint density at radius 1 is 1.42 bits per heavy atom. The highest BCUT2D eigenvalue weighted by Crippen LogP contribution is 2.42. The van der Waals surface area contributed by atoms with E-state index in [9.17, 15) is 9.90 Å². The van der Waals surface area contributed by atoms with Crippen molar-refractivity contribution < 1.29 is 9.90 Å². The summed E-state index contributed by atoms with van der Waals surface area (Å²) >= 11 is 3.01. The molecule has 0 saturated heterocycles. The molecule has 1 aromatic rings. The molecule has 4 nitrogen and oxygen atoms in total. The summed E-state index contributed by atoms with van der Waals surface area (Å²) in [6, 6.07) is 0.368. The first kappa shape index (κ1) is 14.7. The second-order valence-corrected chi connectivity index (χ2v) is 6.75. The van der Waals surface area contributed by atoms with Gasteiger partial charge in [0.15, 0.2) is 5.78 Å². The monoisotopic (exact) mass is 300 g/mol. The lowest BCUT2D eigenvalue weighted by Crippen LogP contribution is -2.28. The quantitative estimate of drug-likeness (QED) is 0.589. The molecule has 0 amide bonds. The molecule has 0 radical (unpaired) electrons. The van der Waals surface area contributed by atoms with Crippen LogP contribution in [0.5, 0.6) is 0 Å². The van der Waals surface area contributed by atoms with Crippen molar-refractivity contribution in [3.8, 4) is 0 Å². The maximum Gasteiger partial charge on any atom is 0.171 e. The Labute approximate surface area is 121 Å². The number of Topliss-reactive ketones (excluding diaryl/α,β-unsaturated/α-hetero) is 1. The molecule has 2 rings (SSSR count). The lowest BCUT2D eigenvalue weighted by molar-refractivity contribution is 0.102. The average molecular weight is 300 g/mol. The molecule has 0 atom stereocenters. The van der Waals surface area contributed by atoms with Gasteiger partial charge in [-0.3, -0.25) is 4.79 Å². The van der Waals surface area contributed by atoms with Crippen molar-refractivity contribution in [2.75, 3.05) is 17.3 Å². The largest absolute Gasteiger partial charge is 0.396 e. The number of rotatable bonds is 4. The predicted octanol–water partition coefficient (Wildman–Crippen LogP) is 2.97. The fourth-order valence-corrected chi connectivity index (χ4v) is 4.39. The third kappa shape index (κ3) is 3.24. The van der Waals surface area contributed by atoms with Crippen LogP contribution < -0.4 is 11.1 Å². The molecule has 19 heavy (non-hydrogen) atoms. The van der Waals surface area contributed by atoms with Crippen LogP contribution in [-0.4, -0.2) is 29.3 Å². The van der Waals surface area contributed by atoms with Crippen molar-refractivity contribution in [3.63, 3.8) is 0 Å². The summed E-state index contributed by atoms with van der Waals surface area (Å²) in [5.74, 6) is 0.0184. The molecule has 0 unspecified atom stereocenters. The van der Waals surface area contributed by atoms with Crippen LogP contribution in [0.25, 0.3) is 0 Å². The van der Waals surface area contributed by atoms with Gasteiger partial charge in [0.25, 0.3) is 0 Å². The number of nitrogens with two attached hydrogens (primary N) is 1. The van der Waals surface area contributed by atoms with Gasteiger partial charge in [0.2, 0.25) is 0 Å². The third-order valence-electron chi connectivity index (χ3n) is 3.46. The van der Waals surface area contributed by atoms with Gasteiger partial charge in [-0.25, -0.2) is 0 Å². The zero-order valence-electron chi connectivity index (χ0n) is 11.2. The summed E-state index contributed by atoms with van der Waals surface area (Å²) in [4.78, 5) is 13.2. The first-order valence-electron chi connectivity index (χ1n) is 6.44. The summed E-state index contributed by atoms with van der Waals surface area (Å²) in [5.41, 5.74) is 6.63. The van der Waals surface area contributed by atoms with Crippen molar-refractivity contribution in [1.29, 1.82) is 0 Å². The fraction of sp³-hybridized carbons (Fsp3) is 0.615. The maximum atomic E-state index is 11.5. The van der Waals surface area contributed by atoms with E-state index in [0.29, 0.717) is 16.6 Å². The molecule has 1 saturated carbocycles. The van der Waals surface area contributed by atoms with Gasteiger partial charge in [-0.15, -0.1) is 23.1 Å². The fourth-order valence-electron chi connectivity index (χ4n) is 2.39. The molecule has 1 aliphatic carbocycles. The number of hydrogen-bond acceptors (Lipinski definition) is 6. The Morgan fingerprint density at radius 3 is 2.58 bits per heavy atom. The van der Waals surface area contributed by atoms with E-state index in [1.807, 2.05) is 6.26 Å². The molecular weight excluding hydrogens is 280 g/mol. The minimum absolute atomic E-state index is 0.0184.